The summed E-state index contributed by atoms with van der Waals surface area (Å²) in [4.78, 5) is 24.7. The predicted molar refractivity (Wildman–Crippen MR) is 116 cm³/mol. The van der Waals surface area contributed by atoms with Crippen molar-refractivity contribution in [2.75, 3.05) is 16.4 Å². The standard InChI is InChI=1S/C22H28N2O2S/c1-5-17-10-12-19(13-11-17)23-20(25)14-27-16(4)22(26)24-21-15(3)8-7-9-18(21)6-2/h7-13,16H,5-6,14H2,1-4H3,(H,23,25)(H,24,26)/t16-/m0/s1. The first-order chi connectivity index (χ1) is 12.9. The van der Waals surface area contributed by atoms with E-state index < -0.39 is 0 Å². The van der Waals surface area contributed by atoms with Gasteiger partial charge >= 0.3 is 0 Å². The van der Waals surface area contributed by atoms with Crippen molar-refractivity contribution in [2.24, 2.45) is 0 Å². The van der Waals surface area contributed by atoms with E-state index in [-0.39, 0.29) is 22.8 Å². The molecule has 0 spiro atoms. The molecule has 0 aliphatic carbocycles. The number of anilines is 2. The van der Waals surface area contributed by atoms with E-state index in [1.807, 2.05) is 56.3 Å². The van der Waals surface area contributed by atoms with E-state index in [9.17, 15) is 9.59 Å². The van der Waals surface area contributed by atoms with E-state index in [1.54, 1.807) is 0 Å². The Morgan fingerprint density at radius 1 is 1.00 bits per heavy atom. The quantitative estimate of drug-likeness (QED) is 0.686. The molecule has 144 valence electrons. The van der Waals surface area contributed by atoms with E-state index in [0.717, 1.165) is 35.3 Å². The van der Waals surface area contributed by atoms with Crippen LogP contribution in [0.25, 0.3) is 0 Å². The maximum Gasteiger partial charge on any atom is 0.237 e. The van der Waals surface area contributed by atoms with Crippen molar-refractivity contribution >= 4 is 35.0 Å². The summed E-state index contributed by atoms with van der Waals surface area (Å²) in [6.45, 7) is 7.98. The Morgan fingerprint density at radius 3 is 2.33 bits per heavy atom. The van der Waals surface area contributed by atoms with Gasteiger partial charge in [-0.2, -0.15) is 0 Å². The lowest BCUT2D eigenvalue weighted by Crippen LogP contribution is -2.25. The zero-order chi connectivity index (χ0) is 19.8. The zero-order valence-corrected chi connectivity index (χ0v) is 17.3. The van der Waals surface area contributed by atoms with Crippen molar-refractivity contribution in [1.29, 1.82) is 0 Å². The maximum atomic E-state index is 12.5. The normalized spacial score (nSPS) is 11.7. The van der Waals surface area contributed by atoms with Crippen molar-refractivity contribution in [2.45, 2.75) is 45.8 Å². The van der Waals surface area contributed by atoms with Crippen LogP contribution >= 0.6 is 11.8 Å². The lowest BCUT2D eigenvalue weighted by Gasteiger charge is -2.16. The van der Waals surface area contributed by atoms with Crippen LogP contribution in [-0.4, -0.2) is 22.8 Å². The third-order valence-electron chi connectivity index (χ3n) is 4.47. The van der Waals surface area contributed by atoms with Crippen molar-refractivity contribution in [1.82, 2.24) is 0 Å². The molecule has 0 aromatic heterocycles. The van der Waals surface area contributed by atoms with E-state index >= 15 is 0 Å². The minimum Gasteiger partial charge on any atom is -0.325 e. The van der Waals surface area contributed by atoms with Crippen LogP contribution in [0.2, 0.25) is 0 Å². The molecule has 0 bridgehead atoms. The fraction of sp³-hybridized carbons (Fsp3) is 0.364. The van der Waals surface area contributed by atoms with Gasteiger partial charge in [-0.3, -0.25) is 9.59 Å². The number of hydrogen-bond acceptors (Lipinski definition) is 3. The average Bonchev–Trinajstić information content (AvgIpc) is 2.68. The number of rotatable bonds is 8. The smallest absolute Gasteiger partial charge is 0.237 e. The molecule has 0 unspecified atom stereocenters. The molecule has 0 saturated carbocycles. The fourth-order valence-corrected chi connectivity index (χ4v) is 3.41. The van der Waals surface area contributed by atoms with Gasteiger partial charge in [-0.15, -0.1) is 11.8 Å². The highest BCUT2D eigenvalue weighted by molar-refractivity contribution is 8.01. The van der Waals surface area contributed by atoms with Crippen LogP contribution in [0, 0.1) is 6.92 Å². The summed E-state index contributed by atoms with van der Waals surface area (Å²) in [6, 6.07) is 13.8. The molecule has 2 aromatic rings. The lowest BCUT2D eigenvalue weighted by atomic mass is 10.1. The van der Waals surface area contributed by atoms with Crippen molar-refractivity contribution in [3.8, 4) is 0 Å². The van der Waals surface area contributed by atoms with E-state index in [2.05, 4.69) is 24.5 Å². The summed E-state index contributed by atoms with van der Waals surface area (Å²) in [5, 5.41) is 5.58. The number of carbonyl (C=O) groups excluding carboxylic acids is 2. The Labute approximate surface area is 166 Å². The van der Waals surface area contributed by atoms with Gasteiger partial charge in [0.2, 0.25) is 11.8 Å². The molecule has 0 heterocycles. The number of amides is 2. The molecule has 0 saturated heterocycles. The van der Waals surface area contributed by atoms with Crippen LogP contribution in [0.3, 0.4) is 0 Å². The number of hydrogen-bond donors (Lipinski definition) is 2. The van der Waals surface area contributed by atoms with Crippen LogP contribution in [0.4, 0.5) is 11.4 Å². The van der Waals surface area contributed by atoms with Crippen molar-refractivity contribution < 1.29 is 9.59 Å². The Morgan fingerprint density at radius 2 is 1.70 bits per heavy atom. The molecule has 0 radical (unpaired) electrons. The summed E-state index contributed by atoms with van der Waals surface area (Å²) < 4.78 is 0. The summed E-state index contributed by atoms with van der Waals surface area (Å²) >= 11 is 1.33. The highest BCUT2D eigenvalue weighted by atomic mass is 32.2. The Balaban J connectivity index is 1.86. The maximum absolute atomic E-state index is 12.5. The number of nitrogens with one attached hydrogen (secondary N) is 2. The first kappa shape index (κ1) is 21.0. The lowest BCUT2D eigenvalue weighted by molar-refractivity contribution is -0.115. The molecule has 27 heavy (non-hydrogen) atoms. The first-order valence-electron chi connectivity index (χ1n) is 9.34. The molecule has 2 amide bonds. The van der Waals surface area contributed by atoms with E-state index in [4.69, 9.17) is 0 Å². The Hall–Kier alpha value is -2.27. The molecule has 0 fully saturated rings. The molecule has 1 atom stereocenters. The third-order valence-corrected chi connectivity index (χ3v) is 5.61. The van der Waals surface area contributed by atoms with Crippen LogP contribution in [0.1, 0.15) is 37.5 Å². The molecular formula is C22H28N2O2S. The second-order valence-electron chi connectivity index (χ2n) is 6.50. The molecule has 2 rings (SSSR count). The molecule has 5 heteroatoms. The van der Waals surface area contributed by atoms with E-state index in [0.29, 0.717) is 0 Å². The summed E-state index contributed by atoms with van der Waals surface area (Å²) in [5.41, 5.74) is 5.07. The van der Waals surface area contributed by atoms with Gasteiger partial charge in [0.15, 0.2) is 0 Å². The van der Waals surface area contributed by atoms with Gasteiger partial charge in [0, 0.05) is 11.4 Å². The van der Waals surface area contributed by atoms with Crippen molar-refractivity contribution in [3.63, 3.8) is 0 Å². The Bertz CT molecular complexity index is 787. The highest BCUT2D eigenvalue weighted by Crippen LogP contribution is 2.23. The third kappa shape index (κ3) is 6.14. The van der Waals surface area contributed by atoms with Gasteiger partial charge < -0.3 is 10.6 Å². The van der Waals surface area contributed by atoms with E-state index in [1.165, 1.54) is 17.3 Å². The second kappa shape index (κ2) is 10.2. The van der Waals surface area contributed by atoms with Gasteiger partial charge in [-0.25, -0.2) is 0 Å². The number of thioether (sulfide) groups is 1. The topological polar surface area (TPSA) is 58.2 Å². The van der Waals surface area contributed by atoms with Crippen molar-refractivity contribution in [3.05, 3.63) is 59.2 Å². The summed E-state index contributed by atoms with van der Waals surface area (Å²) in [5.74, 6) is 0.0524. The summed E-state index contributed by atoms with van der Waals surface area (Å²) in [7, 11) is 0. The summed E-state index contributed by atoms with van der Waals surface area (Å²) in [6.07, 6.45) is 1.83. The predicted octanol–water partition coefficient (Wildman–Crippen LogP) is 4.82. The molecule has 4 nitrogen and oxygen atoms in total. The first-order valence-corrected chi connectivity index (χ1v) is 10.4. The average molecular weight is 385 g/mol. The SMILES string of the molecule is CCc1ccc(NC(=O)CS[C@@H](C)C(=O)Nc2c(C)cccc2CC)cc1. The molecule has 0 aliphatic heterocycles. The van der Waals surface area contributed by atoms with Gasteiger partial charge in [0.25, 0.3) is 0 Å². The number of para-hydroxylation sites is 1. The van der Waals surface area contributed by atoms with Crippen LogP contribution in [0.5, 0.6) is 0 Å². The zero-order valence-electron chi connectivity index (χ0n) is 16.5. The fourth-order valence-electron chi connectivity index (χ4n) is 2.72. The Kier molecular flexibility index (Phi) is 7.92. The van der Waals surface area contributed by atoms with Crippen LogP contribution in [-0.2, 0) is 22.4 Å². The van der Waals surface area contributed by atoms with Crippen LogP contribution in [0.15, 0.2) is 42.5 Å². The number of aryl methyl sites for hydroxylation is 3. The minimum absolute atomic E-state index is 0.0795. The molecule has 2 aromatic carbocycles. The van der Waals surface area contributed by atoms with Gasteiger partial charge in [0.05, 0.1) is 11.0 Å². The molecule has 2 N–H and O–H groups in total. The van der Waals surface area contributed by atoms with Crippen LogP contribution < -0.4 is 10.6 Å². The second-order valence-corrected chi connectivity index (χ2v) is 7.83. The van der Waals surface area contributed by atoms with Gasteiger partial charge in [0.1, 0.15) is 0 Å². The molecule has 0 aliphatic rings. The number of carbonyl (C=O) groups is 2. The van der Waals surface area contributed by atoms with Gasteiger partial charge in [-0.05, 0) is 55.5 Å². The number of benzene rings is 2. The van der Waals surface area contributed by atoms with Gasteiger partial charge in [-0.1, -0.05) is 44.2 Å². The minimum atomic E-state index is -0.317. The largest absolute Gasteiger partial charge is 0.325 e. The monoisotopic (exact) mass is 384 g/mol. The highest BCUT2D eigenvalue weighted by Gasteiger charge is 2.17. The molecular weight excluding hydrogens is 356 g/mol.